The molecular weight excluding hydrogens is 645 g/mol. The van der Waals surface area contributed by atoms with Crippen molar-refractivity contribution in [3.8, 4) is 5.75 Å². The molecule has 1 N–H and O–H groups in total. The van der Waals surface area contributed by atoms with E-state index in [0.29, 0.717) is 17.9 Å². The van der Waals surface area contributed by atoms with Gasteiger partial charge in [-0.25, -0.2) is 8.42 Å². The average Bonchev–Trinajstić information content (AvgIpc) is 3.06. The minimum atomic E-state index is -4.26. The predicted octanol–water partition coefficient (Wildman–Crippen LogP) is 6.61. The van der Waals surface area contributed by atoms with Gasteiger partial charge in [-0.05, 0) is 59.5 Å². The van der Waals surface area contributed by atoms with E-state index in [4.69, 9.17) is 27.9 Å². The van der Waals surface area contributed by atoms with E-state index in [1.807, 2.05) is 50.2 Å². The molecule has 4 aromatic rings. The van der Waals surface area contributed by atoms with Crippen LogP contribution in [-0.4, -0.2) is 51.4 Å². The number of nitrogens with zero attached hydrogens (tertiary/aromatic N) is 2. The molecule has 11 heteroatoms. The standard InChI is InChI=1S/C35H37Cl2N3O5S/c1-25(2)22-38-35(42)33(20-26-11-6-4-7-12-26)39(23-27-13-10-14-29(19-27)45-3)34(41)24-40(28-17-18-31(36)32(37)21-28)46(43,44)30-15-8-5-9-16-30/h4-19,21,25,33H,20,22-24H2,1-3H3,(H,38,42). The third-order valence-electron chi connectivity index (χ3n) is 7.24. The fourth-order valence-corrected chi connectivity index (χ4v) is 6.55. The van der Waals surface area contributed by atoms with Crippen LogP contribution in [0.25, 0.3) is 0 Å². The van der Waals surface area contributed by atoms with Crippen molar-refractivity contribution in [1.29, 1.82) is 0 Å². The third kappa shape index (κ3) is 9.02. The molecule has 1 atom stereocenters. The highest BCUT2D eigenvalue weighted by molar-refractivity contribution is 7.92. The lowest BCUT2D eigenvalue weighted by atomic mass is 10.0. The molecule has 0 heterocycles. The number of ether oxygens (including phenoxy) is 1. The first kappa shape index (κ1) is 34.8. The number of halogens is 2. The molecule has 8 nitrogen and oxygen atoms in total. The van der Waals surface area contributed by atoms with Crippen molar-refractivity contribution in [3.63, 3.8) is 0 Å². The maximum Gasteiger partial charge on any atom is 0.264 e. The van der Waals surface area contributed by atoms with Gasteiger partial charge in [0.25, 0.3) is 10.0 Å². The summed E-state index contributed by atoms with van der Waals surface area (Å²) in [6.07, 6.45) is 0.207. The molecule has 0 saturated carbocycles. The number of hydrogen-bond donors (Lipinski definition) is 1. The van der Waals surface area contributed by atoms with Crippen molar-refractivity contribution >= 4 is 50.7 Å². The van der Waals surface area contributed by atoms with Crippen LogP contribution in [0.1, 0.15) is 25.0 Å². The van der Waals surface area contributed by atoms with Crippen LogP contribution in [0.4, 0.5) is 5.69 Å². The fraction of sp³-hybridized carbons (Fsp3) is 0.257. The molecule has 0 aliphatic carbocycles. The molecule has 0 bridgehead atoms. The van der Waals surface area contributed by atoms with Crippen molar-refractivity contribution in [3.05, 3.63) is 124 Å². The number of sulfonamides is 1. The van der Waals surface area contributed by atoms with Crippen LogP contribution in [0.15, 0.2) is 108 Å². The quantitative estimate of drug-likeness (QED) is 0.162. The molecular formula is C35H37Cl2N3O5S. The van der Waals surface area contributed by atoms with Gasteiger partial charge in [-0.2, -0.15) is 0 Å². The lowest BCUT2D eigenvalue weighted by Crippen LogP contribution is -2.53. The topological polar surface area (TPSA) is 96.0 Å². The van der Waals surface area contributed by atoms with Crippen LogP contribution in [0.3, 0.4) is 0 Å². The number of rotatable bonds is 14. The molecule has 0 radical (unpaired) electrons. The molecule has 4 rings (SSSR count). The molecule has 2 amide bonds. The van der Waals surface area contributed by atoms with Crippen LogP contribution in [0.2, 0.25) is 10.0 Å². The fourth-order valence-electron chi connectivity index (χ4n) is 4.83. The van der Waals surface area contributed by atoms with Crippen LogP contribution in [0.5, 0.6) is 5.75 Å². The van der Waals surface area contributed by atoms with Gasteiger partial charge < -0.3 is 15.0 Å². The number of nitrogens with one attached hydrogen (secondary N) is 1. The highest BCUT2D eigenvalue weighted by Crippen LogP contribution is 2.31. The molecule has 0 fully saturated rings. The monoisotopic (exact) mass is 681 g/mol. The van der Waals surface area contributed by atoms with E-state index in [1.165, 1.54) is 35.2 Å². The van der Waals surface area contributed by atoms with Crippen molar-refractivity contribution in [2.75, 3.05) is 24.5 Å². The smallest absolute Gasteiger partial charge is 0.264 e. The zero-order valence-electron chi connectivity index (χ0n) is 25.9. The molecule has 0 saturated heterocycles. The van der Waals surface area contributed by atoms with E-state index in [-0.39, 0.29) is 45.4 Å². The van der Waals surface area contributed by atoms with E-state index >= 15 is 0 Å². The van der Waals surface area contributed by atoms with E-state index in [2.05, 4.69) is 5.32 Å². The number of benzene rings is 4. The molecule has 242 valence electrons. The van der Waals surface area contributed by atoms with Crippen LogP contribution >= 0.6 is 23.2 Å². The number of carbonyl (C=O) groups excluding carboxylic acids is 2. The number of methoxy groups -OCH3 is 1. The van der Waals surface area contributed by atoms with Gasteiger partial charge >= 0.3 is 0 Å². The lowest BCUT2D eigenvalue weighted by molar-refractivity contribution is -0.140. The Morgan fingerprint density at radius 2 is 1.48 bits per heavy atom. The van der Waals surface area contributed by atoms with Crippen molar-refractivity contribution < 1.29 is 22.7 Å². The van der Waals surface area contributed by atoms with Gasteiger partial charge in [-0.3, -0.25) is 13.9 Å². The Hall–Kier alpha value is -4.05. The first-order chi connectivity index (χ1) is 22.0. The molecule has 1 unspecified atom stereocenters. The highest BCUT2D eigenvalue weighted by atomic mass is 35.5. The molecule has 0 spiro atoms. The van der Waals surface area contributed by atoms with E-state index < -0.39 is 28.5 Å². The third-order valence-corrected chi connectivity index (χ3v) is 9.77. The Balaban J connectivity index is 1.82. The Labute approximate surface area is 280 Å². The second kappa shape index (κ2) is 16.0. The maximum atomic E-state index is 14.5. The van der Waals surface area contributed by atoms with Gasteiger partial charge in [0, 0.05) is 19.5 Å². The Kier molecular flexibility index (Phi) is 12.1. The predicted molar refractivity (Wildman–Crippen MR) is 183 cm³/mol. The van der Waals surface area contributed by atoms with Crippen LogP contribution in [-0.2, 0) is 32.6 Å². The van der Waals surface area contributed by atoms with Gasteiger partial charge in [0.05, 0.1) is 27.7 Å². The summed E-state index contributed by atoms with van der Waals surface area (Å²) < 4.78 is 34.6. The van der Waals surface area contributed by atoms with E-state index in [1.54, 1.807) is 43.5 Å². The number of amides is 2. The summed E-state index contributed by atoms with van der Waals surface area (Å²) in [7, 11) is -2.71. The van der Waals surface area contributed by atoms with Gasteiger partial charge in [0.2, 0.25) is 11.8 Å². The summed E-state index contributed by atoms with van der Waals surface area (Å²) in [5, 5.41) is 3.34. The molecule has 4 aromatic carbocycles. The highest BCUT2D eigenvalue weighted by Gasteiger charge is 2.35. The number of carbonyl (C=O) groups is 2. The molecule has 46 heavy (non-hydrogen) atoms. The Bertz CT molecular complexity index is 1740. The number of hydrogen-bond acceptors (Lipinski definition) is 5. The van der Waals surface area contributed by atoms with Gasteiger partial charge in [-0.1, -0.05) is 97.7 Å². The SMILES string of the molecule is COc1cccc(CN(C(=O)CN(c2ccc(Cl)c(Cl)c2)S(=O)(=O)c2ccccc2)C(Cc2ccccc2)C(=O)NCC(C)C)c1. The maximum absolute atomic E-state index is 14.5. The number of anilines is 1. The Morgan fingerprint density at radius 3 is 2.11 bits per heavy atom. The van der Waals surface area contributed by atoms with Crippen molar-refractivity contribution in [2.45, 2.75) is 37.8 Å². The summed E-state index contributed by atoms with van der Waals surface area (Å²) in [5.41, 5.74) is 1.69. The molecule has 0 aliphatic rings. The second-order valence-electron chi connectivity index (χ2n) is 11.1. The van der Waals surface area contributed by atoms with E-state index in [9.17, 15) is 18.0 Å². The summed E-state index contributed by atoms with van der Waals surface area (Å²) >= 11 is 12.5. The Morgan fingerprint density at radius 1 is 0.826 bits per heavy atom. The first-order valence-corrected chi connectivity index (χ1v) is 17.0. The van der Waals surface area contributed by atoms with Gasteiger partial charge in [0.1, 0.15) is 18.3 Å². The van der Waals surface area contributed by atoms with Gasteiger partial charge in [-0.15, -0.1) is 0 Å². The summed E-state index contributed by atoms with van der Waals surface area (Å²) in [4.78, 5) is 29.8. The van der Waals surface area contributed by atoms with E-state index in [0.717, 1.165) is 9.87 Å². The van der Waals surface area contributed by atoms with Crippen LogP contribution in [0, 0.1) is 5.92 Å². The van der Waals surface area contributed by atoms with Crippen molar-refractivity contribution in [2.24, 2.45) is 5.92 Å². The zero-order valence-corrected chi connectivity index (χ0v) is 28.2. The molecule has 0 aromatic heterocycles. The second-order valence-corrected chi connectivity index (χ2v) is 13.8. The minimum Gasteiger partial charge on any atom is -0.497 e. The molecule has 0 aliphatic heterocycles. The summed E-state index contributed by atoms with van der Waals surface area (Å²) in [6, 6.07) is 27.8. The zero-order chi connectivity index (χ0) is 33.3. The lowest BCUT2D eigenvalue weighted by Gasteiger charge is -2.34. The average molecular weight is 683 g/mol. The summed E-state index contributed by atoms with van der Waals surface area (Å²) in [5.74, 6) is -0.183. The largest absolute Gasteiger partial charge is 0.497 e. The first-order valence-electron chi connectivity index (χ1n) is 14.8. The van der Waals surface area contributed by atoms with Crippen molar-refractivity contribution in [1.82, 2.24) is 10.2 Å². The van der Waals surface area contributed by atoms with Crippen LogP contribution < -0.4 is 14.4 Å². The normalized spacial score (nSPS) is 12.0. The summed E-state index contributed by atoms with van der Waals surface area (Å²) in [6.45, 7) is 3.78. The minimum absolute atomic E-state index is 0.0104. The van der Waals surface area contributed by atoms with Gasteiger partial charge in [0.15, 0.2) is 0 Å².